The molecule has 1 unspecified atom stereocenters. The first kappa shape index (κ1) is 20.2. The van der Waals surface area contributed by atoms with Gasteiger partial charge in [0.2, 0.25) is 5.82 Å². The molecule has 0 bridgehead atoms. The van der Waals surface area contributed by atoms with Gasteiger partial charge in [-0.25, -0.2) is 0 Å². The van der Waals surface area contributed by atoms with Crippen LogP contribution in [0.3, 0.4) is 0 Å². The van der Waals surface area contributed by atoms with Gasteiger partial charge in [-0.1, -0.05) is 17.3 Å². The maximum atomic E-state index is 12.5. The van der Waals surface area contributed by atoms with Crippen molar-refractivity contribution in [3.63, 3.8) is 0 Å². The number of hydroxylamine groups is 1. The number of alkyl halides is 3. The number of benzene rings is 1. The molecule has 1 aromatic heterocycles. The fourth-order valence-electron chi connectivity index (χ4n) is 2.51. The van der Waals surface area contributed by atoms with Crippen LogP contribution in [0.4, 0.5) is 13.2 Å². The van der Waals surface area contributed by atoms with E-state index in [-0.39, 0.29) is 18.0 Å². The first-order valence-corrected chi connectivity index (χ1v) is 8.73. The number of halogens is 3. The molecule has 1 aliphatic rings. The molecule has 11 heteroatoms. The summed E-state index contributed by atoms with van der Waals surface area (Å²) in [5, 5.41) is 6.00. The lowest BCUT2D eigenvalue weighted by Gasteiger charge is -2.22. The summed E-state index contributed by atoms with van der Waals surface area (Å²) in [4.78, 5) is 20.7. The van der Waals surface area contributed by atoms with Crippen LogP contribution in [0.1, 0.15) is 35.5 Å². The smallest absolute Gasteiger partial charge is 0.351 e. The van der Waals surface area contributed by atoms with Crippen LogP contribution in [0.15, 0.2) is 28.8 Å². The van der Waals surface area contributed by atoms with Crippen molar-refractivity contribution < 1.29 is 32.1 Å². The maximum Gasteiger partial charge on any atom is 0.471 e. The Labute approximate surface area is 158 Å². The van der Waals surface area contributed by atoms with Gasteiger partial charge in [0.15, 0.2) is 6.29 Å². The van der Waals surface area contributed by atoms with Crippen LogP contribution < -0.4 is 10.8 Å². The Bertz CT molecular complexity index is 773. The molecule has 2 N–H and O–H groups in total. The summed E-state index contributed by atoms with van der Waals surface area (Å²) in [7, 11) is 0. The summed E-state index contributed by atoms with van der Waals surface area (Å²) in [6.07, 6.45) is -2.05. The first-order chi connectivity index (χ1) is 13.4. The van der Waals surface area contributed by atoms with Crippen molar-refractivity contribution in [3.8, 4) is 11.4 Å². The standard InChI is InChI=1S/C17H19F3N4O4/c18-17(19,20)16-23-14(24-28-16)11-4-6-12(7-5-11)15(25)21-8-9-22-27-13-3-1-2-10-26-13/h4-7,13,22H,1-3,8-10H2,(H,21,25). The second-order valence-corrected chi connectivity index (χ2v) is 6.06. The van der Waals surface area contributed by atoms with Gasteiger partial charge in [0.25, 0.3) is 5.91 Å². The van der Waals surface area contributed by atoms with E-state index in [0.717, 1.165) is 19.3 Å². The largest absolute Gasteiger partial charge is 0.471 e. The quantitative estimate of drug-likeness (QED) is 0.544. The van der Waals surface area contributed by atoms with Crippen LogP contribution in [-0.2, 0) is 15.8 Å². The van der Waals surface area contributed by atoms with Crippen molar-refractivity contribution >= 4 is 5.91 Å². The Hall–Kier alpha value is -2.50. The molecule has 2 aromatic rings. The van der Waals surface area contributed by atoms with Crippen LogP contribution in [0, 0.1) is 0 Å². The van der Waals surface area contributed by atoms with E-state index in [0.29, 0.717) is 30.8 Å². The summed E-state index contributed by atoms with van der Waals surface area (Å²) in [5.41, 5.74) is 3.40. The predicted octanol–water partition coefficient (Wildman–Crippen LogP) is 2.53. The van der Waals surface area contributed by atoms with Gasteiger partial charge in [-0.15, -0.1) is 0 Å². The molecule has 8 nitrogen and oxygen atoms in total. The van der Waals surface area contributed by atoms with Crippen molar-refractivity contribution in [2.45, 2.75) is 31.7 Å². The molecule has 1 amide bonds. The van der Waals surface area contributed by atoms with Crippen LogP contribution >= 0.6 is 0 Å². The van der Waals surface area contributed by atoms with Gasteiger partial charge in [-0.2, -0.15) is 23.6 Å². The number of carbonyl (C=O) groups is 1. The summed E-state index contributed by atoms with van der Waals surface area (Å²) >= 11 is 0. The number of aromatic nitrogens is 2. The molecular formula is C17H19F3N4O4. The van der Waals surface area contributed by atoms with E-state index in [1.165, 1.54) is 24.3 Å². The summed E-state index contributed by atoms with van der Waals surface area (Å²) < 4.78 is 47.1. The van der Waals surface area contributed by atoms with Gasteiger partial charge in [0, 0.05) is 37.2 Å². The van der Waals surface area contributed by atoms with E-state index in [4.69, 9.17) is 9.57 Å². The highest BCUT2D eigenvalue weighted by Gasteiger charge is 2.38. The highest BCUT2D eigenvalue weighted by molar-refractivity contribution is 5.94. The molecule has 1 fully saturated rings. The molecule has 0 aliphatic carbocycles. The fourth-order valence-corrected chi connectivity index (χ4v) is 2.51. The Morgan fingerprint density at radius 1 is 1.21 bits per heavy atom. The lowest BCUT2D eigenvalue weighted by molar-refractivity contribution is -0.196. The second kappa shape index (κ2) is 9.13. The minimum atomic E-state index is -4.70. The fraction of sp³-hybridized carbons (Fsp3) is 0.471. The molecule has 2 heterocycles. The average Bonchev–Trinajstić information content (AvgIpc) is 3.19. The number of rotatable bonds is 7. The summed E-state index contributed by atoms with van der Waals surface area (Å²) in [6, 6.07) is 5.82. The third-order valence-corrected chi connectivity index (χ3v) is 3.94. The van der Waals surface area contributed by atoms with Gasteiger partial charge >= 0.3 is 12.1 Å². The number of nitrogens with one attached hydrogen (secondary N) is 2. The van der Waals surface area contributed by atoms with E-state index in [9.17, 15) is 18.0 Å². The molecule has 0 radical (unpaired) electrons. The van der Waals surface area contributed by atoms with E-state index < -0.39 is 12.1 Å². The van der Waals surface area contributed by atoms with Gasteiger partial charge in [0.05, 0.1) is 0 Å². The molecule has 152 valence electrons. The van der Waals surface area contributed by atoms with Gasteiger partial charge in [-0.3, -0.25) is 9.63 Å². The number of hydrogen-bond acceptors (Lipinski definition) is 7. The molecule has 28 heavy (non-hydrogen) atoms. The number of nitrogens with zero attached hydrogens (tertiary/aromatic N) is 2. The summed E-state index contributed by atoms with van der Waals surface area (Å²) in [5.74, 6) is -1.95. The first-order valence-electron chi connectivity index (χ1n) is 8.73. The number of hydrogen-bond donors (Lipinski definition) is 2. The zero-order valence-corrected chi connectivity index (χ0v) is 14.8. The number of ether oxygens (including phenoxy) is 1. The molecule has 0 spiro atoms. The monoisotopic (exact) mass is 400 g/mol. The zero-order valence-electron chi connectivity index (χ0n) is 14.8. The lowest BCUT2D eigenvalue weighted by Crippen LogP contribution is -2.35. The normalized spacial score (nSPS) is 17.5. The van der Waals surface area contributed by atoms with E-state index in [1.54, 1.807) is 0 Å². The number of amides is 1. The predicted molar refractivity (Wildman–Crippen MR) is 89.7 cm³/mol. The van der Waals surface area contributed by atoms with Crippen molar-refractivity contribution in [1.82, 2.24) is 20.9 Å². The van der Waals surface area contributed by atoms with E-state index in [1.807, 2.05) is 0 Å². The molecule has 1 saturated heterocycles. The third-order valence-electron chi connectivity index (χ3n) is 3.94. The van der Waals surface area contributed by atoms with Gasteiger partial charge < -0.3 is 14.6 Å². The SMILES string of the molecule is O=C(NCCNOC1CCCCO1)c1ccc(-c2noc(C(F)(F)F)n2)cc1. The minimum Gasteiger partial charge on any atom is -0.351 e. The third kappa shape index (κ3) is 5.50. The molecule has 0 saturated carbocycles. The van der Waals surface area contributed by atoms with Crippen LogP contribution in [0.5, 0.6) is 0 Å². The van der Waals surface area contributed by atoms with Crippen LogP contribution in [0.2, 0.25) is 0 Å². The molecule has 1 aromatic carbocycles. The van der Waals surface area contributed by atoms with Crippen molar-refractivity contribution in [1.29, 1.82) is 0 Å². The second-order valence-electron chi connectivity index (χ2n) is 6.06. The molecule has 1 atom stereocenters. The van der Waals surface area contributed by atoms with Crippen molar-refractivity contribution in [2.24, 2.45) is 0 Å². The van der Waals surface area contributed by atoms with E-state index in [2.05, 4.69) is 25.5 Å². The lowest BCUT2D eigenvalue weighted by atomic mass is 10.1. The highest BCUT2D eigenvalue weighted by Crippen LogP contribution is 2.29. The average molecular weight is 400 g/mol. The maximum absolute atomic E-state index is 12.5. The Kier molecular flexibility index (Phi) is 6.60. The molecule has 1 aliphatic heterocycles. The zero-order chi connectivity index (χ0) is 20.0. The van der Waals surface area contributed by atoms with E-state index >= 15 is 0 Å². The number of carbonyl (C=O) groups excluding carboxylic acids is 1. The highest BCUT2D eigenvalue weighted by atomic mass is 19.4. The van der Waals surface area contributed by atoms with Crippen LogP contribution in [0.25, 0.3) is 11.4 Å². The topological polar surface area (TPSA) is 98.5 Å². The minimum absolute atomic E-state index is 0.203. The Balaban J connectivity index is 1.44. The summed E-state index contributed by atoms with van der Waals surface area (Å²) in [6.45, 7) is 1.40. The van der Waals surface area contributed by atoms with Gasteiger partial charge in [0.1, 0.15) is 0 Å². The molecular weight excluding hydrogens is 381 g/mol. The van der Waals surface area contributed by atoms with Gasteiger partial charge in [-0.05, 0) is 25.0 Å². The van der Waals surface area contributed by atoms with Crippen molar-refractivity contribution in [2.75, 3.05) is 19.7 Å². The van der Waals surface area contributed by atoms with Crippen LogP contribution in [-0.4, -0.2) is 42.0 Å². The molecule has 3 rings (SSSR count). The van der Waals surface area contributed by atoms with Crippen molar-refractivity contribution in [3.05, 3.63) is 35.7 Å². The Morgan fingerprint density at radius 2 is 2.00 bits per heavy atom. The Morgan fingerprint density at radius 3 is 2.64 bits per heavy atom.